The number of nitrogens with two attached hydrogens (primary N) is 1. The first-order valence-corrected chi connectivity index (χ1v) is 10.4. The fourth-order valence-corrected chi connectivity index (χ4v) is 4.94. The molecule has 3 aliphatic rings. The SMILES string of the molecule is NC(=O)c1cccnc1OC1CC2(CC(Nc3nccc(N4CC[C@H](F)C4)n3)C2)C1. The number of primary amides is 1. The van der Waals surface area contributed by atoms with Crippen molar-refractivity contribution in [3.05, 3.63) is 36.2 Å². The number of carbonyl (C=O) groups excluding carboxylic acids is 1. The standard InChI is InChI=1S/C21H25FN6O2/c22-13-4-7-28(12-13)17-3-6-25-20(27-17)26-14-8-21(9-14)10-15(11-21)30-19-16(18(23)29)2-1-5-24-19/h1-3,5-6,13-15H,4,7-12H2,(H2,23,29)(H,25,26,27)/t13-,14?,15?,21?/m0/s1. The zero-order chi connectivity index (χ0) is 20.7. The van der Waals surface area contributed by atoms with Crippen molar-refractivity contribution in [1.82, 2.24) is 15.0 Å². The van der Waals surface area contributed by atoms with Crippen molar-refractivity contribution in [3.63, 3.8) is 0 Å². The van der Waals surface area contributed by atoms with E-state index in [1.54, 1.807) is 24.5 Å². The summed E-state index contributed by atoms with van der Waals surface area (Å²) in [6, 6.07) is 5.46. The predicted octanol–water partition coefficient (Wildman–Crippen LogP) is 2.32. The van der Waals surface area contributed by atoms with Gasteiger partial charge in [-0.1, -0.05) is 0 Å². The molecule has 2 saturated carbocycles. The molecule has 0 radical (unpaired) electrons. The summed E-state index contributed by atoms with van der Waals surface area (Å²) in [5.41, 5.74) is 5.98. The number of rotatable bonds is 6. The van der Waals surface area contributed by atoms with Crippen LogP contribution in [0.25, 0.3) is 0 Å². The number of anilines is 2. The first-order valence-electron chi connectivity index (χ1n) is 10.4. The molecule has 5 rings (SSSR count). The minimum absolute atomic E-state index is 0.0577. The maximum Gasteiger partial charge on any atom is 0.254 e. The van der Waals surface area contributed by atoms with Gasteiger partial charge in [0.2, 0.25) is 11.8 Å². The first-order chi connectivity index (χ1) is 14.5. The second-order valence-corrected chi connectivity index (χ2v) is 8.69. The molecule has 3 N–H and O–H groups in total. The van der Waals surface area contributed by atoms with Crippen LogP contribution in [0.5, 0.6) is 5.88 Å². The summed E-state index contributed by atoms with van der Waals surface area (Å²) in [5, 5.41) is 3.41. The van der Waals surface area contributed by atoms with Crippen LogP contribution in [0.4, 0.5) is 16.2 Å². The second-order valence-electron chi connectivity index (χ2n) is 8.69. The minimum Gasteiger partial charge on any atom is -0.474 e. The van der Waals surface area contributed by atoms with Crippen LogP contribution in [0, 0.1) is 5.41 Å². The molecule has 1 aliphatic heterocycles. The van der Waals surface area contributed by atoms with E-state index in [0.717, 1.165) is 31.5 Å². The van der Waals surface area contributed by atoms with Crippen molar-refractivity contribution in [2.24, 2.45) is 11.1 Å². The fourth-order valence-electron chi connectivity index (χ4n) is 4.94. The van der Waals surface area contributed by atoms with Gasteiger partial charge in [-0.2, -0.15) is 4.98 Å². The molecule has 2 aliphatic carbocycles. The van der Waals surface area contributed by atoms with Gasteiger partial charge < -0.3 is 20.7 Å². The molecule has 0 unspecified atom stereocenters. The van der Waals surface area contributed by atoms with Gasteiger partial charge in [0.05, 0.1) is 6.54 Å². The molecule has 8 nitrogen and oxygen atoms in total. The highest BCUT2D eigenvalue weighted by atomic mass is 19.1. The summed E-state index contributed by atoms with van der Waals surface area (Å²) in [7, 11) is 0. The topological polar surface area (TPSA) is 106 Å². The molecule has 2 aromatic rings. The number of nitrogens with one attached hydrogen (secondary N) is 1. The Morgan fingerprint density at radius 1 is 1.23 bits per heavy atom. The van der Waals surface area contributed by atoms with Gasteiger partial charge >= 0.3 is 0 Å². The number of aromatic nitrogens is 3. The summed E-state index contributed by atoms with van der Waals surface area (Å²) < 4.78 is 19.4. The number of ether oxygens (including phenoxy) is 1. The molecule has 0 bridgehead atoms. The number of amides is 1. The lowest BCUT2D eigenvalue weighted by atomic mass is 9.53. The van der Waals surface area contributed by atoms with Gasteiger partial charge in [0.25, 0.3) is 5.91 Å². The highest BCUT2D eigenvalue weighted by molar-refractivity contribution is 5.94. The molecule has 3 heterocycles. The molecule has 158 valence electrons. The number of hydrogen-bond donors (Lipinski definition) is 2. The Kier molecular flexibility index (Phi) is 4.67. The molecule has 9 heteroatoms. The molecule has 1 atom stereocenters. The van der Waals surface area contributed by atoms with E-state index >= 15 is 0 Å². The van der Waals surface area contributed by atoms with Gasteiger partial charge in [-0.25, -0.2) is 14.4 Å². The Hall–Kier alpha value is -2.97. The maximum atomic E-state index is 13.5. The Morgan fingerprint density at radius 3 is 2.80 bits per heavy atom. The van der Waals surface area contributed by atoms with Crippen molar-refractivity contribution >= 4 is 17.7 Å². The van der Waals surface area contributed by atoms with Crippen LogP contribution >= 0.6 is 0 Å². The zero-order valence-electron chi connectivity index (χ0n) is 16.6. The Labute approximate surface area is 174 Å². The molecule has 0 aromatic carbocycles. The van der Waals surface area contributed by atoms with E-state index in [1.807, 2.05) is 11.0 Å². The van der Waals surface area contributed by atoms with Crippen LogP contribution in [0.3, 0.4) is 0 Å². The van der Waals surface area contributed by atoms with Gasteiger partial charge in [0, 0.05) is 25.0 Å². The van der Waals surface area contributed by atoms with Gasteiger partial charge in [-0.05, 0) is 55.7 Å². The fraction of sp³-hybridized carbons (Fsp3) is 0.524. The minimum atomic E-state index is -0.776. The largest absolute Gasteiger partial charge is 0.474 e. The van der Waals surface area contributed by atoms with Crippen LogP contribution in [0.2, 0.25) is 0 Å². The summed E-state index contributed by atoms with van der Waals surface area (Å²) in [6.07, 6.45) is 7.09. The van der Waals surface area contributed by atoms with E-state index in [1.165, 1.54) is 0 Å². The third-order valence-electron chi connectivity index (χ3n) is 6.42. The summed E-state index contributed by atoms with van der Waals surface area (Å²) in [4.78, 5) is 26.5. The van der Waals surface area contributed by atoms with Crippen molar-refractivity contribution in [2.45, 2.75) is 50.4 Å². The van der Waals surface area contributed by atoms with E-state index in [2.05, 4.69) is 20.3 Å². The smallest absolute Gasteiger partial charge is 0.254 e. The molecular formula is C21H25FN6O2. The summed E-state index contributed by atoms with van der Waals surface area (Å²) in [5.74, 6) is 1.17. The van der Waals surface area contributed by atoms with E-state index in [4.69, 9.17) is 10.5 Å². The van der Waals surface area contributed by atoms with Crippen LogP contribution in [-0.4, -0.2) is 52.3 Å². The number of pyridine rings is 1. The number of nitrogens with zero attached hydrogens (tertiary/aromatic N) is 4. The first kappa shape index (κ1) is 19.0. The molecule has 1 spiro atoms. The molecule has 1 amide bonds. The maximum absolute atomic E-state index is 13.5. The van der Waals surface area contributed by atoms with Crippen molar-refractivity contribution in [3.8, 4) is 5.88 Å². The van der Waals surface area contributed by atoms with Gasteiger partial charge in [0.15, 0.2) is 0 Å². The van der Waals surface area contributed by atoms with Crippen LogP contribution in [0.15, 0.2) is 30.6 Å². The normalized spacial score (nSPS) is 29.9. The highest BCUT2D eigenvalue weighted by Gasteiger charge is 2.54. The summed E-state index contributed by atoms with van der Waals surface area (Å²) in [6.45, 7) is 1.09. The van der Waals surface area contributed by atoms with Crippen LogP contribution in [-0.2, 0) is 0 Å². The number of halogens is 1. The average molecular weight is 412 g/mol. The lowest BCUT2D eigenvalue weighted by molar-refractivity contribution is -0.0760. The lowest BCUT2D eigenvalue weighted by Gasteiger charge is -2.57. The van der Waals surface area contributed by atoms with E-state index in [9.17, 15) is 9.18 Å². The van der Waals surface area contributed by atoms with E-state index in [0.29, 0.717) is 42.9 Å². The molecule has 1 saturated heterocycles. The van der Waals surface area contributed by atoms with Gasteiger partial charge in [-0.15, -0.1) is 0 Å². The molecule has 30 heavy (non-hydrogen) atoms. The quantitative estimate of drug-likeness (QED) is 0.750. The number of alkyl halides is 1. The Morgan fingerprint density at radius 2 is 2.07 bits per heavy atom. The molecule has 3 fully saturated rings. The highest BCUT2D eigenvalue weighted by Crippen LogP contribution is 2.57. The molecular weight excluding hydrogens is 387 g/mol. The van der Waals surface area contributed by atoms with Crippen LogP contribution in [0.1, 0.15) is 42.5 Å². The van der Waals surface area contributed by atoms with Crippen molar-refractivity contribution in [1.29, 1.82) is 0 Å². The Bertz CT molecular complexity index is 943. The monoisotopic (exact) mass is 412 g/mol. The summed E-state index contributed by atoms with van der Waals surface area (Å²) >= 11 is 0. The third-order valence-corrected chi connectivity index (χ3v) is 6.42. The second kappa shape index (κ2) is 7.37. The van der Waals surface area contributed by atoms with Crippen LogP contribution < -0.4 is 20.7 Å². The number of carbonyl (C=O) groups is 1. The van der Waals surface area contributed by atoms with Crippen molar-refractivity contribution in [2.75, 3.05) is 23.3 Å². The van der Waals surface area contributed by atoms with Crippen molar-refractivity contribution < 1.29 is 13.9 Å². The van der Waals surface area contributed by atoms with Gasteiger partial charge in [-0.3, -0.25) is 4.79 Å². The predicted molar refractivity (Wildman–Crippen MR) is 109 cm³/mol. The molecule has 2 aromatic heterocycles. The Balaban J connectivity index is 1.12. The van der Waals surface area contributed by atoms with E-state index < -0.39 is 12.1 Å². The third kappa shape index (κ3) is 3.64. The van der Waals surface area contributed by atoms with Gasteiger partial charge in [0.1, 0.15) is 23.7 Å². The lowest BCUT2D eigenvalue weighted by Crippen LogP contribution is -2.56. The van der Waals surface area contributed by atoms with E-state index in [-0.39, 0.29) is 11.5 Å². The average Bonchev–Trinajstić information content (AvgIpc) is 3.11. The number of hydrogen-bond acceptors (Lipinski definition) is 7. The zero-order valence-corrected chi connectivity index (χ0v) is 16.6.